The second-order valence-corrected chi connectivity index (χ2v) is 10.9. The number of phenolic OH excluding ortho intramolecular Hbond substituents is 1. The van der Waals surface area contributed by atoms with Gasteiger partial charge in [-0.15, -0.1) is 0 Å². The van der Waals surface area contributed by atoms with Crippen molar-refractivity contribution < 1.29 is 34.4 Å². The third-order valence-corrected chi connectivity index (χ3v) is 7.11. The van der Waals surface area contributed by atoms with Crippen LogP contribution in [0, 0.1) is 11.8 Å². The summed E-state index contributed by atoms with van der Waals surface area (Å²) in [7, 11) is 1.45. The molecular weight excluding hydrogens is 532 g/mol. The maximum Gasteiger partial charge on any atom is 0.182 e. The summed E-state index contributed by atoms with van der Waals surface area (Å²) in [6, 6.07) is 12.0. The van der Waals surface area contributed by atoms with Gasteiger partial charge in [0.15, 0.2) is 23.1 Å². The van der Waals surface area contributed by atoms with Crippen LogP contribution >= 0.6 is 0 Å². The van der Waals surface area contributed by atoms with Crippen LogP contribution in [0.4, 0.5) is 0 Å². The number of hydrogen-bond donors (Lipinski definition) is 3. The van der Waals surface area contributed by atoms with E-state index in [1.165, 1.54) is 25.3 Å². The number of methoxy groups -OCH3 is 1. The van der Waals surface area contributed by atoms with Gasteiger partial charge in [-0.05, 0) is 98.4 Å². The van der Waals surface area contributed by atoms with Crippen molar-refractivity contribution in [2.24, 2.45) is 11.8 Å². The number of hydrogen-bond acceptors (Lipinski definition) is 7. The minimum atomic E-state index is -0.554. The van der Waals surface area contributed by atoms with Crippen molar-refractivity contribution in [2.75, 3.05) is 7.11 Å². The fourth-order valence-electron chi connectivity index (χ4n) is 4.81. The highest BCUT2D eigenvalue weighted by Crippen LogP contribution is 2.34. The predicted octanol–water partition coefficient (Wildman–Crippen LogP) is 6.77. The number of ether oxygens (including phenoxy) is 2. The molecule has 0 aromatic heterocycles. The zero-order valence-corrected chi connectivity index (χ0v) is 24.8. The van der Waals surface area contributed by atoms with Gasteiger partial charge in [-0.3, -0.25) is 9.59 Å². The Bertz CT molecular complexity index is 1410. The van der Waals surface area contributed by atoms with Crippen molar-refractivity contribution >= 4 is 23.7 Å². The molecule has 0 amide bonds. The zero-order valence-electron chi connectivity index (χ0n) is 24.8. The summed E-state index contributed by atoms with van der Waals surface area (Å²) in [5.41, 5.74) is 3.28. The van der Waals surface area contributed by atoms with Gasteiger partial charge < -0.3 is 24.8 Å². The highest BCUT2D eigenvalue weighted by atomic mass is 16.5. The summed E-state index contributed by atoms with van der Waals surface area (Å²) >= 11 is 0. The lowest BCUT2D eigenvalue weighted by Crippen LogP contribution is -2.38. The highest BCUT2D eigenvalue weighted by Gasteiger charge is 2.34. The Morgan fingerprint density at radius 3 is 2.36 bits per heavy atom. The average Bonchev–Trinajstić information content (AvgIpc) is 2.93. The smallest absolute Gasteiger partial charge is 0.182 e. The molecule has 2 aromatic carbocycles. The highest BCUT2D eigenvalue weighted by molar-refractivity contribution is 6.02. The molecule has 3 rings (SSSR count). The summed E-state index contributed by atoms with van der Waals surface area (Å²) in [6.45, 7) is 7.71. The molecule has 3 N–H and O–H groups in total. The van der Waals surface area contributed by atoms with E-state index in [0.29, 0.717) is 29.9 Å². The molecule has 42 heavy (non-hydrogen) atoms. The second kappa shape index (κ2) is 15.0. The van der Waals surface area contributed by atoms with Crippen molar-refractivity contribution in [2.45, 2.75) is 52.7 Å². The largest absolute Gasteiger partial charge is 0.508 e. The van der Waals surface area contributed by atoms with E-state index in [4.69, 9.17) is 9.47 Å². The van der Waals surface area contributed by atoms with E-state index < -0.39 is 6.10 Å². The number of rotatable bonds is 12. The molecule has 0 aliphatic heterocycles. The Hall–Kier alpha value is -4.36. The minimum Gasteiger partial charge on any atom is -0.508 e. The SMILES string of the molecule is COc1cc(C=CC(O)=CC(=O)C=Cc2ccc(O[C@H]3C=C(C)[C@@H](O)C[C@@H]3[C@@H](C)CC(=O)C=C(C)C)cc2)ccc1O. The third-order valence-electron chi connectivity index (χ3n) is 7.11. The van der Waals surface area contributed by atoms with Crippen molar-refractivity contribution in [1.82, 2.24) is 0 Å². The van der Waals surface area contributed by atoms with Crippen LogP contribution in [0.15, 0.2) is 89.8 Å². The van der Waals surface area contributed by atoms with E-state index in [2.05, 4.69) is 0 Å². The molecule has 0 spiro atoms. The molecule has 0 radical (unpaired) electrons. The van der Waals surface area contributed by atoms with Crippen molar-refractivity contribution in [3.8, 4) is 17.2 Å². The summed E-state index contributed by atoms with van der Waals surface area (Å²) in [5.74, 6) is 0.427. The van der Waals surface area contributed by atoms with Gasteiger partial charge in [-0.25, -0.2) is 0 Å². The molecule has 0 heterocycles. The molecule has 222 valence electrons. The van der Waals surface area contributed by atoms with Crippen LogP contribution in [0.2, 0.25) is 0 Å². The number of ketones is 2. The van der Waals surface area contributed by atoms with Gasteiger partial charge in [0, 0.05) is 18.4 Å². The summed E-state index contributed by atoms with van der Waals surface area (Å²) in [4.78, 5) is 24.7. The normalized spacial score (nSPS) is 19.8. The van der Waals surface area contributed by atoms with Crippen LogP contribution in [-0.4, -0.2) is 46.2 Å². The molecule has 7 nitrogen and oxygen atoms in total. The first kappa shape index (κ1) is 32.2. The molecule has 2 aromatic rings. The van der Waals surface area contributed by atoms with E-state index in [9.17, 15) is 24.9 Å². The topological polar surface area (TPSA) is 113 Å². The first-order chi connectivity index (χ1) is 19.9. The molecule has 0 fully saturated rings. The Morgan fingerprint density at radius 2 is 1.69 bits per heavy atom. The number of carbonyl (C=O) groups is 2. The molecule has 0 saturated carbocycles. The monoisotopic (exact) mass is 572 g/mol. The molecule has 7 heteroatoms. The van der Waals surface area contributed by atoms with Crippen molar-refractivity contribution in [1.29, 1.82) is 0 Å². The number of phenols is 1. The number of benzene rings is 2. The van der Waals surface area contributed by atoms with Crippen molar-refractivity contribution in [3.05, 3.63) is 101 Å². The van der Waals surface area contributed by atoms with Gasteiger partial charge >= 0.3 is 0 Å². The second-order valence-electron chi connectivity index (χ2n) is 10.9. The first-order valence-corrected chi connectivity index (χ1v) is 13.9. The predicted molar refractivity (Wildman–Crippen MR) is 165 cm³/mol. The van der Waals surface area contributed by atoms with E-state index in [-0.39, 0.29) is 41.0 Å². The van der Waals surface area contributed by atoms with Gasteiger partial charge in [0.1, 0.15) is 17.6 Å². The van der Waals surface area contributed by atoms with Crippen LogP contribution in [0.3, 0.4) is 0 Å². The average molecular weight is 573 g/mol. The summed E-state index contributed by atoms with van der Waals surface area (Å²) in [5, 5.41) is 30.3. The lowest BCUT2D eigenvalue weighted by Gasteiger charge is -2.36. The fourth-order valence-corrected chi connectivity index (χ4v) is 4.81. The van der Waals surface area contributed by atoms with Crippen LogP contribution in [-0.2, 0) is 9.59 Å². The van der Waals surface area contributed by atoms with Crippen LogP contribution in [0.1, 0.15) is 51.7 Å². The van der Waals surface area contributed by atoms with Crippen LogP contribution in [0.25, 0.3) is 12.2 Å². The van der Waals surface area contributed by atoms with Crippen LogP contribution < -0.4 is 9.47 Å². The fraction of sp³-hybridized carbons (Fsp3) is 0.314. The molecule has 0 unspecified atom stereocenters. The van der Waals surface area contributed by atoms with Gasteiger partial charge in [0.05, 0.1) is 13.2 Å². The Morgan fingerprint density at radius 1 is 1.02 bits per heavy atom. The van der Waals surface area contributed by atoms with Gasteiger partial charge in [-0.1, -0.05) is 42.8 Å². The zero-order chi connectivity index (χ0) is 30.8. The van der Waals surface area contributed by atoms with Gasteiger partial charge in [-0.2, -0.15) is 0 Å². The summed E-state index contributed by atoms with van der Waals surface area (Å²) < 4.78 is 11.4. The van der Waals surface area contributed by atoms with E-state index in [1.54, 1.807) is 30.4 Å². The quantitative estimate of drug-likeness (QED) is 0.111. The molecular formula is C35H40O7. The number of carbonyl (C=O) groups excluding carboxylic acids is 2. The first-order valence-electron chi connectivity index (χ1n) is 13.9. The third kappa shape index (κ3) is 9.63. The maximum atomic E-state index is 12.4. The van der Waals surface area contributed by atoms with E-state index in [1.807, 2.05) is 58.0 Å². The summed E-state index contributed by atoms with van der Waals surface area (Å²) in [6.07, 6.45) is 10.8. The number of aliphatic hydroxyl groups excluding tert-OH is 2. The Kier molecular flexibility index (Phi) is 11.5. The number of aliphatic hydroxyl groups is 2. The van der Waals surface area contributed by atoms with Crippen molar-refractivity contribution in [3.63, 3.8) is 0 Å². The maximum absolute atomic E-state index is 12.4. The standard InChI is InChI=1S/C35H40O7/c1-22(2)16-29(38)17-23(3)31-21-33(40)24(4)18-34(31)42-30-13-8-25(9-14-30)6-11-27(36)20-28(37)12-7-26-10-15-32(39)35(19-26)41-5/h6-16,18-20,23,31,33-34,37,39-40H,17,21H2,1-5H3/t23-,31+,33-,34-/m0/s1. The molecule has 0 saturated heterocycles. The molecule has 4 atom stereocenters. The Balaban J connectivity index is 1.63. The number of aromatic hydroxyl groups is 1. The molecule has 1 aliphatic rings. The van der Waals surface area contributed by atoms with Crippen LogP contribution in [0.5, 0.6) is 17.2 Å². The Labute approximate surface area is 247 Å². The molecule has 0 bridgehead atoms. The lowest BCUT2D eigenvalue weighted by molar-refractivity contribution is -0.116. The lowest BCUT2D eigenvalue weighted by atomic mass is 9.76. The molecule has 1 aliphatic carbocycles. The van der Waals surface area contributed by atoms with Gasteiger partial charge in [0.2, 0.25) is 0 Å². The van der Waals surface area contributed by atoms with Gasteiger partial charge in [0.25, 0.3) is 0 Å². The number of allylic oxidation sites excluding steroid dienone is 5. The van der Waals surface area contributed by atoms with E-state index in [0.717, 1.165) is 22.8 Å². The van der Waals surface area contributed by atoms with E-state index >= 15 is 0 Å². The minimum absolute atomic E-state index is 0.0114.